The molecule has 2 unspecified atom stereocenters. The number of furan rings is 1. The van der Waals surface area contributed by atoms with E-state index in [9.17, 15) is 0 Å². The van der Waals surface area contributed by atoms with E-state index >= 15 is 0 Å². The third-order valence-electron chi connectivity index (χ3n) is 3.71. The highest BCUT2D eigenvalue weighted by atomic mass is 35.5. The van der Waals surface area contributed by atoms with E-state index in [1.165, 1.54) is 6.42 Å². The highest BCUT2D eigenvalue weighted by Crippen LogP contribution is 2.47. The minimum absolute atomic E-state index is 0.502. The van der Waals surface area contributed by atoms with Crippen molar-refractivity contribution in [1.82, 2.24) is 4.98 Å². The summed E-state index contributed by atoms with van der Waals surface area (Å²) in [6.45, 7) is 4.90. The van der Waals surface area contributed by atoms with Crippen molar-refractivity contribution in [1.29, 1.82) is 0 Å². The molecule has 3 rings (SSSR count). The number of anilines is 1. The van der Waals surface area contributed by atoms with Gasteiger partial charge < -0.3 is 9.73 Å². The molecule has 19 heavy (non-hydrogen) atoms. The third-order valence-corrected chi connectivity index (χ3v) is 4.00. The highest BCUT2D eigenvalue weighted by Gasteiger charge is 2.36. The van der Waals surface area contributed by atoms with Crippen LogP contribution in [0.2, 0.25) is 5.15 Å². The van der Waals surface area contributed by atoms with Crippen LogP contribution in [0.15, 0.2) is 28.8 Å². The van der Waals surface area contributed by atoms with E-state index in [2.05, 4.69) is 23.3 Å². The molecule has 4 heteroatoms. The summed E-state index contributed by atoms with van der Waals surface area (Å²) in [5.41, 5.74) is 1.96. The van der Waals surface area contributed by atoms with E-state index in [4.69, 9.17) is 16.0 Å². The molecule has 0 spiro atoms. The minimum atomic E-state index is 0.502. The molecule has 1 N–H and O–H groups in total. The van der Waals surface area contributed by atoms with E-state index in [-0.39, 0.29) is 0 Å². The second-order valence-electron chi connectivity index (χ2n) is 5.27. The Labute approximate surface area is 118 Å². The van der Waals surface area contributed by atoms with Gasteiger partial charge in [-0.05, 0) is 43.0 Å². The Hall–Kier alpha value is -1.48. The Morgan fingerprint density at radius 2 is 2.21 bits per heavy atom. The van der Waals surface area contributed by atoms with E-state index in [0.717, 1.165) is 28.7 Å². The molecule has 2 atom stereocenters. The summed E-state index contributed by atoms with van der Waals surface area (Å²) >= 11 is 6.08. The number of halogens is 1. The Balaban J connectivity index is 1.67. The largest absolute Gasteiger partial charge is 0.464 e. The van der Waals surface area contributed by atoms with Crippen LogP contribution in [0.3, 0.4) is 0 Å². The van der Waals surface area contributed by atoms with Gasteiger partial charge in [0.25, 0.3) is 0 Å². The lowest BCUT2D eigenvalue weighted by Gasteiger charge is -2.09. The number of rotatable bonds is 4. The maximum atomic E-state index is 6.08. The molecule has 0 aliphatic heterocycles. The van der Waals surface area contributed by atoms with E-state index in [1.807, 2.05) is 19.1 Å². The first kappa shape index (κ1) is 12.5. The first-order chi connectivity index (χ1) is 9.15. The normalized spacial score (nSPS) is 21.4. The van der Waals surface area contributed by atoms with Gasteiger partial charge >= 0.3 is 0 Å². The van der Waals surface area contributed by atoms with Gasteiger partial charge in [0.2, 0.25) is 0 Å². The number of aromatic nitrogens is 1. The monoisotopic (exact) mass is 276 g/mol. The van der Waals surface area contributed by atoms with Gasteiger partial charge in [-0.2, -0.15) is 0 Å². The van der Waals surface area contributed by atoms with Gasteiger partial charge in [0.05, 0.1) is 12.2 Å². The Kier molecular flexibility index (Phi) is 3.23. The zero-order chi connectivity index (χ0) is 13.4. The minimum Gasteiger partial charge on any atom is -0.464 e. The first-order valence-electron chi connectivity index (χ1n) is 6.58. The van der Waals surface area contributed by atoms with Crippen molar-refractivity contribution in [2.75, 3.05) is 5.32 Å². The van der Waals surface area contributed by atoms with Crippen LogP contribution in [0, 0.1) is 12.8 Å². The molecule has 2 heterocycles. The van der Waals surface area contributed by atoms with Crippen molar-refractivity contribution in [2.24, 2.45) is 5.92 Å². The molecule has 1 aliphatic rings. The summed E-state index contributed by atoms with van der Waals surface area (Å²) < 4.78 is 5.85. The predicted molar refractivity (Wildman–Crippen MR) is 76.5 cm³/mol. The fourth-order valence-electron chi connectivity index (χ4n) is 2.32. The summed E-state index contributed by atoms with van der Waals surface area (Å²) in [4.78, 5) is 4.08. The lowest BCUT2D eigenvalue weighted by molar-refractivity contribution is 0.468. The number of hydrogen-bond acceptors (Lipinski definition) is 3. The van der Waals surface area contributed by atoms with Crippen LogP contribution in [-0.4, -0.2) is 4.98 Å². The molecule has 3 nitrogen and oxygen atoms in total. The summed E-state index contributed by atoms with van der Waals surface area (Å²) in [7, 11) is 0. The zero-order valence-corrected chi connectivity index (χ0v) is 11.9. The van der Waals surface area contributed by atoms with Crippen molar-refractivity contribution in [3.8, 4) is 0 Å². The summed E-state index contributed by atoms with van der Waals surface area (Å²) in [5, 5.41) is 3.80. The Bertz CT molecular complexity index is 573. The molecule has 0 radical (unpaired) electrons. The quantitative estimate of drug-likeness (QED) is 0.843. The van der Waals surface area contributed by atoms with Gasteiger partial charge in [-0.1, -0.05) is 18.5 Å². The third kappa shape index (κ3) is 2.61. The smallest absolute Gasteiger partial charge is 0.152 e. The number of hydrogen-bond donors (Lipinski definition) is 1. The van der Waals surface area contributed by atoms with Gasteiger partial charge in [-0.25, -0.2) is 4.98 Å². The molecular weight excluding hydrogens is 260 g/mol. The summed E-state index contributed by atoms with van der Waals surface area (Å²) in [6.07, 6.45) is 2.95. The highest BCUT2D eigenvalue weighted by molar-refractivity contribution is 6.32. The fourth-order valence-corrected chi connectivity index (χ4v) is 2.59. The fraction of sp³-hybridized carbons (Fsp3) is 0.400. The van der Waals surface area contributed by atoms with Gasteiger partial charge in [0.1, 0.15) is 11.5 Å². The summed E-state index contributed by atoms with van der Waals surface area (Å²) in [5.74, 6) is 3.44. The molecule has 1 aliphatic carbocycles. The van der Waals surface area contributed by atoms with E-state index < -0.39 is 0 Å². The van der Waals surface area contributed by atoms with E-state index in [0.29, 0.717) is 17.6 Å². The predicted octanol–water partition coefficient (Wildman–Crippen LogP) is 4.37. The summed E-state index contributed by atoms with van der Waals surface area (Å²) in [6, 6.07) is 6.06. The molecule has 100 valence electrons. The molecule has 2 aromatic rings. The number of nitrogens with zero attached hydrogens (tertiary/aromatic N) is 1. The second kappa shape index (κ2) is 4.89. The molecular formula is C15H17ClN2O. The molecule has 0 amide bonds. The van der Waals surface area contributed by atoms with Crippen LogP contribution in [0.1, 0.15) is 36.3 Å². The molecule has 1 saturated carbocycles. The number of nitrogens with one attached hydrogen (secondary N) is 1. The lowest BCUT2D eigenvalue weighted by Crippen LogP contribution is -2.01. The average Bonchev–Trinajstić information content (AvgIpc) is 2.92. The van der Waals surface area contributed by atoms with Crippen molar-refractivity contribution in [3.63, 3.8) is 0 Å². The van der Waals surface area contributed by atoms with Crippen molar-refractivity contribution in [2.45, 2.75) is 32.7 Å². The molecule has 2 aromatic heterocycles. The van der Waals surface area contributed by atoms with Crippen LogP contribution < -0.4 is 5.32 Å². The van der Waals surface area contributed by atoms with Gasteiger partial charge in [-0.3, -0.25) is 0 Å². The standard InChI is InChI=1S/C15H17ClN2O/c1-9-5-6-17-15(16)14(9)18-8-11-3-4-13(19-11)12-7-10(12)2/h3-6,10,12,18H,7-8H2,1-2H3. The van der Waals surface area contributed by atoms with Crippen LogP contribution >= 0.6 is 11.6 Å². The topological polar surface area (TPSA) is 38.1 Å². The maximum Gasteiger partial charge on any atom is 0.152 e. The van der Waals surface area contributed by atoms with Crippen molar-refractivity contribution < 1.29 is 4.42 Å². The Morgan fingerprint density at radius 3 is 2.89 bits per heavy atom. The van der Waals surface area contributed by atoms with Crippen LogP contribution in [0.25, 0.3) is 0 Å². The lowest BCUT2D eigenvalue weighted by atomic mass is 10.2. The Morgan fingerprint density at radius 1 is 1.42 bits per heavy atom. The van der Waals surface area contributed by atoms with Crippen LogP contribution in [0.4, 0.5) is 5.69 Å². The zero-order valence-electron chi connectivity index (χ0n) is 11.1. The first-order valence-corrected chi connectivity index (χ1v) is 6.96. The van der Waals surface area contributed by atoms with Crippen molar-refractivity contribution >= 4 is 17.3 Å². The van der Waals surface area contributed by atoms with Crippen LogP contribution in [0.5, 0.6) is 0 Å². The average molecular weight is 277 g/mol. The van der Waals surface area contributed by atoms with E-state index in [1.54, 1.807) is 6.20 Å². The molecule has 0 aromatic carbocycles. The van der Waals surface area contributed by atoms with Gasteiger partial charge in [-0.15, -0.1) is 0 Å². The van der Waals surface area contributed by atoms with Gasteiger partial charge in [0, 0.05) is 12.1 Å². The number of aryl methyl sites for hydroxylation is 1. The second-order valence-corrected chi connectivity index (χ2v) is 5.63. The maximum absolute atomic E-state index is 6.08. The molecule has 0 bridgehead atoms. The number of pyridine rings is 1. The molecule has 0 saturated heterocycles. The van der Waals surface area contributed by atoms with Crippen molar-refractivity contribution in [3.05, 3.63) is 46.6 Å². The molecule has 1 fully saturated rings. The SMILES string of the molecule is Cc1ccnc(Cl)c1NCc1ccc(C2CC2C)o1. The van der Waals surface area contributed by atoms with Crippen LogP contribution in [-0.2, 0) is 6.54 Å². The van der Waals surface area contributed by atoms with Gasteiger partial charge in [0.15, 0.2) is 5.15 Å².